The van der Waals surface area contributed by atoms with Crippen molar-refractivity contribution < 1.29 is 33.2 Å². The van der Waals surface area contributed by atoms with Crippen LogP contribution in [0.15, 0.2) is 53.5 Å². The van der Waals surface area contributed by atoms with E-state index in [1.807, 2.05) is 31.0 Å². The Morgan fingerprint density at radius 3 is 2.27 bits per heavy atom. The van der Waals surface area contributed by atoms with E-state index >= 15 is 0 Å². The number of nitrogen functional groups attached to an aromatic ring is 1. The Kier molecular flexibility index (Phi) is 11.0. The molecule has 0 aliphatic carbocycles. The number of rotatable bonds is 12. The second-order valence-corrected chi connectivity index (χ2v) is 11.4. The van der Waals surface area contributed by atoms with Crippen molar-refractivity contribution in [3.63, 3.8) is 0 Å². The Hall–Kier alpha value is -4.60. The zero-order valence-corrected chi connectivity index (χ0v) is 27.3. The van der Waals surface area contributed by atoms with Gasteiger partial charge in [0.25, 0.3) is 5.91 Å². The molecule has 3 aromatic rings. The molecule has 10 nitrogen and oxygen atoms in total. The third-order valence-electron chi connectivity index (χ3n) is 7.69. The summed E-state index contributed by atoms with van der Waals surface area (Å²) in [6.45, 7) is 9.84. The van der Waals surface area contributed by atoms with Gasteiger partial charge in [0, 0.05) is 36.4 Å². The normalized spacial score (nSPS) is 15.2. The summed E-state index contributed by atoms with van der Waals surface area (Å²) in [5.41, 5.74) is 7.66. The van der Waals surface area contributed by atoms with Crippen molar-refractivity contribution in [1.29, 1.82) is 0 Å². The zero-order chi connectivity index (χ0) is 32.6. The van der Waals surface area contributed by atoms with Gasteiger partial charge in [0.05, 0.1) is 57.5 Å². The summed E-state index contributed by atoms with van der Waals surface area (Å²) in [6, 6.07) is 14.2. The number of aliphatic imine (C=N–C) groups is 1. The van der Waals surface area contributed by atoms with E-state index in [2.05, 4.69) is 18.8 Å². The first-order valence-corrected chi connectivity index (χ1v) is 15.3. The van der Waals surface area contributed by atoms with E-state index in [9.17, 15) is 4.79 Å². The van der Waals surface area contributed by atoms with Crippen LogP contribution in [0.25, 0.3) is 0 Å². The molecule has 242 valence electrons. The summed E-state index contributed by atoms with van der Waals surface area (Å²) >= 11 is 0. The average Bonchev–Trinajstić information content (AvgIpc) is 3.48. The van der Waals surface area contributed by atoms with Crippen LogP contribution in [-0.4, -0.2) is 64.2 Å². The Bertz CT molecular complexity index is 1500. The van der Waals surface area contributed by atoms with Gasteiger partial charge in [-0.3, -0.25) is 9.79 Å². The zero-order valence-electron chi connectivity index (χ0n) is 27.3. The topological polar surface area (TPSA) is 114 Å². The number of hydrogen-bond acceptors (Lipinski definition) is 9. The fourth-order valence-corrected chi connectivity index (χ4v) is 5.12. The van der Waals surface area contributed by atoms with Gasteiger partial charge in [-0.1, -0.05) is 27.7 Å². The lowest BCUT2D eigenvalue weighted by Crippen LogP contribution is -2.35. The molecule has 5 rings (SSSR count). The first-order valence-electron chi connectivity index (χ1n) is 15.3. The number of methoxy groups -OCH3 is 3. The first kappa shape index (κ1) is 33.3. The van der Waals surface area contributed by atoms with Crippen molar-refractivity contribution in [2.24, 2.45) is 10.4 Å². The van der Waals surface area contributed by atoms with Gasteiger partial charge in [-0.25, -0.2) is 0 Å². The number of fused-ring (bicyclic) bond motifs is 2. The number of ether oxygens (including phenoxy) is 6. The van der Waals surface area contributed by atoms with E-state index < -0.39 is 0 Å². The maximum absolute atomic E-state index is 13.1. The molecule has 0 spiro atoms. The van der Waals surface area contributed by atoms with E-state index in [0.29, 0.717) is 76.8 Å². The van der Waals surface area contributed by atoms with Crippen LogP contribution in [0, 0.1) is 5.41 Å². The number of benzene rings is 3. The Balaban J connectivity index is 0.00000226. The van der Waals surface area contributed by atoms with E-state index in [4.69, 9.17) is 34.2 Å². The Labute approximate surface area is 266 Å². The van der Waals surface area contributed by atoms with E-state index in [1.54, 1.807) is 63.8 Å². The summed E-state index contributed by atoms with van der Waals surface area (Å²) in [5.74, 6) is 3.96. The fourth-order valence-electron chi connectivity index (χ4n) is 5.12. The van der Waals surface area contributed by atoms with Crippen LogP contribution >= 0.6 is 0 Å². The average molecular weight is 620 g/mol. The van der Waals surface area contributed by atoms with Gasteiger partial charge < -0.3 is 39.1 Å². The second-order valence-electron chi connectivity index (χ2n) is 11.4. The van der Waals surface area contributed by atoms with Crippen LogP contribution in [-0.2, 0) is 0 Å². The van der Waals surface area contributed by atoms with Crippen molar-refractivity contribution in [1.82, 2.24) is 4.90 Å². The maximum Gasteiger partial charge on any atom is 0.256 e. The molecule has 10 heteroatoms. The van der Waals surface area contributed by atoms with Crippen molar-refractivity contribution in [3.05, 3.63) is 54.1 Å². The Morgan fingerprint density at radius 2 is 1.56 bits per heavy atom. The number of hydrogen-bond donors (Lipinski definition) is 1. The molecule has 0 aromatic heterocycles. The van der Waals surface area contributed by atoms with Crippen LogP contribution in [0.2, 0.25) is 0 Å². The summed E-state index contributed by atoms with van der Waals surface area (Å²) in [7, 11) is 4.73. The molecule has 0 radical (unpaired) electrons. The van der Waals surface area contributed by atoms with Crippen molar-refractivity contribution in [2.45, 2.75) is 53.0 Å². The SMILES string of the molecule is CC.COc1ccc(Oc2ccc(OCC(C)(C)CCOc3cc4c(cc3OC)C(=O)N3CCCC3C=N4)cc2N)cc1OC. The third-order valence-corrected chi connectivity index (χ3v) is 7.69. The van der Waals surface area contributed by atoms with Gasteiger partial charge in [0.1, 0.15) is 11.5 Å². The minimum absolute atomic E-state index is 0.0145. The predicted molar refractivity (Wildman–Crippen MR) is 176 cm³/mol. The molecule has 1 atom stereocenters. The van der Waals surface area contributed by atoms with E-state index in [-0.39, 0.29) is 17.4 Å². The van der Waals surface area contributed by atoms with Crippen LogP contribution in [0.4, 0.5) is 11.4 Å². The smallest absolute Gasteiger partial charge is 0.256 e. The number of amides is 1. The Morgan fingerprint density at radius 1 is 0.867 bits per heavy atom. The second kappa shape index (κ2) is 14.9. The minimum atomic E-state index is -0.207. The highest BCUT2D eigenvalue weighted by Gasteiger charge is 2.32. The standard InChI is InChI=1S/C33H39N3O7.C2H6/c1-33(2,20-42-22-8-10-27(25(34)15-22)43-23-9-11-28(38-3)29(16-23)39-4)12-14-41-31-18-26-24(17-30(31)40-5)32(37)36-13-6-7-21(36)19-35-26;1-2/h8-11,15-19,21H,6-7,12-14,20,34H2,1-5H3;1-2H3. The monoisotopic (exact) mass is 619 g/mol. The lowest BCUT2D eigenvalue weighted by molar-refractivity contribution is 0.0774. The highest BCUT2D eigenvalue weighted by Crippen LogP contribution is 2.39. The molecule has 1 unspecified atom stereocenters. The number of carbonyl (C=O) groups is 1. The molecule has 2 heterocycles. The lowest BCUT2D eigenvalue weighted by Gasteiger charge is -2.25. The summed E-state index contributed by atoms with van der Waals surface area (Å²) in [4.78, 5) is 19.6. The van der Waals surface area contributed by atoms with Gasteiger partial charge in [0.15, 0.2) is 28.7 Å². The van der Waals surface area contributed by atoms with Crippen molar-refractivity contribution >= 4 is 23.5 Å². The molecular formula is C35H45N3O7. The molecule has 0 bridgehead atoms. The number of nitrogens with zero attached hydrogens (tertiary/aromatic N) is 2. The van der Waals surface area contributed by atoms with Gasteiger partial charge >= 0.3 is 0 Å². The van der Waals surface area contributed by atoms with Gasteiger partial charge in [0.2, 0.25) is 0 Å². The van der Waals surface area contributed by atoms with E-state index in [1.165, 1.54) is 0 Å². The molecule has 3 aromatic carbocycles. The van der Waals surface area contributed by atoms with Gasteiger partial charge in [-0.15, -0.1) is 0 Å². The third kappa shape index (κ3) is 7.92. The minimum Gasteiger partial charge on any atom is -0.493 e. The molecule has 0 saturated carbocycles. The van der Waals surface area contributed by atoms with Crippen molar-refractivity contribution in [2.75, 3.05) is 46.8 Å². The fraction of sp³-hybridized carbons (Fsp3) is 0.429. The number of nitrogens with two attached hydrogens (primary N) is 1. The molecular weight excluding hydrogens is 574 g/mol. The quantitative estimate of drug-likeness (QED) is 0.210. The maximum atomic E-state index is 13.1. The van der Waals surface area contributed by atoms with Gasteiger partial charge in [-0.05, 0) is 49.6 Å². The summed E-state index contributed by atoms with van der Waals surface area (Å²) < 4.78 is 34.4. The highest BCUT2D eigenvalue weighted by atomic mass is 16.5. The first-order chi connectivity index (χ1) is 21.7. The van der Waals surface area contributed by atoms with Crippen molar-refractivity contribution in [3.8, 4) is 40.2 Å². The predicted octanol–water partition coefficient (Wildman–Crippen LogP) is 7.31. The molecule has 2 aliphatic heterocycles. The van der Waals surface area contributed by atoms with Crippen LogP contribution in [0.5, 0.6) is 40.2 Å². The van der Waals surface area contributed by atoms with Gasteiger partial charge in [-0.2, -0.15) is 0 Å². The summed E-state index contributed by atoms with van der Waals surface area (Å²) in [5, 5.41) is 0. The molecule has 45 heavy (non-hydrogen) atoms. The van der Waals surface area contributed by atoms with Crippen LogP contribution < -0.4 is 34.2 Å². The highest BCUT2D eigenvalue weighted by molar-refractivity contribution is 6.03. The van der Waals surface area contributed by atoms with E-state index in [0.717, 1.165) is 19.4 Å². The molecule has 2 N–H and O–H groups in total. The van der Waals surface area contributed by atoms with Crippen LogP contribution in [0.1, 0.15) is 57.3 Å². The molecule has 1 saturated heterocycles. The number of carbonyl (C=O) groups excluding carboxylic acids is 1. The molecule has 2 aliphatic rings. The van der Waals surface area contributed by atoms with Crippen LogP contribution in [0.3, 0.4) is 0 Å². The summed E-state index contributed by atoms with van der Waals surface area (Å²) in [6.07, 6.45) is 4.50. The molecule has 1 fully saturated rings. The largest absolute Gasteiger partial charge is 0.493 e. The number of anilines is 1. The lowest BCUT2D eigenvalue weighted by atomic mass is 9.91. The molecule has 1 amide bonds.